The molecule has 0 aliphatic carbocycles. The Hall–Kier alpha value is -2.06. The standard InChI is InChI=1S/C20H27N3O2/c1-20(2,3)25-19(24)23-13-16-11-22(10-15-7-5-4-6-8-15)12-17(14-23)18(16)9-21/h4-8,16-18H,10-14H2,1-3H3. The number of carbonyl (C=O) groups is 1. The van der Waals surface area contributed by atoms with Gasteiger partial charge in [-0.05, 0) is 26.3 Å². The molecule has 1 amide bonds. The topological polar surface area (TPSA) is 56.6 Å². The molecule has 3 rings (SSSR count). The maximum Gasteiger partial charge on any atom is 0.410 e. The Morgan fingerprint density at radius 3 is 2.28 bits per heavy atom. The molecule has 2 unspecified atom stereocenters. The Bertz CT molecular complexity index is 631. The van der Waals surface area contributed by atoms with E-state index >= 15 is 0 Å². The minimum atomic E-state index is -0.488. The third-order valence-corrected chi connectivity index (χ3v) is 4.96. The summed E-state index contributed by atoms with van der Waals surface area (Å²) in [5.74, 6) is 0.410. The van der Waals surface area contributed by atoms with Gasteiger partial charge in [-0.1, -0.05) is 30.3 Å². The number of hydrogen-bond acceptors (Lipinski definition) is 4. The van der Waals surface area contributed by atoms with Gasteiger partial charge < -0.3 is 9.64 Å². The first-order valence-corrected chi connectivity index (χ1v) is 8.99. The zero-order chi connectivity index (χ0) is 18.0. The van der Waals surface area contributed by atoms with Gasteiger partial charge in [-0.2, -0.15) is 5.26 Å². The number of amides is 1. The first-order valence-electron chi connectivity index (χ1n) is 8.99. The molecule has 5 nitrogen and oxygen atoms in total. The summed E-state index contributed by atoms with van der Waals surface area (Å²) in [4.78, 5) is 16.6. The Morgan fingerprint density at radius 1 is 1.16 bits per heavy atom. The number of nitriles is 1. The van der Waals surface area contributed by atoms with Crippen LogP contribution in [0, 0.1) is 29.1 Å². The summed E-state index contributed by atoms with van der Waals surface area (Å²) in [5, 5.41) is 9.58. The summed E-state index contributed by atoms with van der Waals surface area (Å²) in [6.07, 6.45) is -0.254. The van der Waals surface area contributed by atoms with E-state index in [-0.39, 0.29) is 23.8 Å². The van der Waals surface area contributed by atoms with Crippen molar-refractivity contribution in [1.82, 2.24) is 9.80 Å². The maximum absolute atomic E-state index is 12.4. The number of hydrogen-bond donors (Lipinski definition) is 0. The Kier molecular flexibility index (Phi) is 5.01. The van der Waals surface area contributed by atoms with E-state index in [2.05, 4.69) is 35.2 Å². The highest BCUT2D eigenvalue weighted by molar-refractivity contribution is 5.68. The molecule has 134 valence electrons. The van der Waals surface area contributed by atoms with E-state index in [1.54, 1.807) is 4.90 Å². The lowest BCUT2D eigenvalue weighted by Crippen LogP contribution is -2.58. The molecule has 0 radical (unpaired) electrons. The summed E-state index contributed by atoms with van der Waals surface area (Å²) in [6.45, 7) is 9.47. The van der Waals surface area contributed by atoms with Crippen molar-refractivity contribution in [2.24, 2.45) is 17.8 Å². The van der Waals surface area contributed by atoms with Crippen molar-refractivity contribution in [2.75, 3.05) is 26.2 Å². The molecule has 2 heterocycles. The van der Waals surface area contributed by atoms with Crippen LogP contribution in [0.25, 0.3) is 0 Å². The molecular formula is C20H27N3O2. The van der Waals surface area contributed by atoms with Gasteiger partial charge in [0.1, 0.15) is 5.60 Å². The molecule has 0 aromatic heterocycles. The van der Waals surface area contributed by atoms with E-state index in [1.807, 2.05) is 26.8 Å². The predicted octanol–water partition coefficient (Wildman–Crippen LogP) is 3.13. The van der Waals surface area contributed by atoms with Crippen LogP contribution < -0.4 is 0 Å². The molecule has 2 atom stereocenters. The third kappa shape index (κ3) is 4.32. The van der Waals surface area contributed by atoms with Crippen LogP contribution in [0.5, 0.6) is 0 Å². The SMILES string of the molecule is CC(C)(C)OC(=O)N1CC2CN(Cc3ccccc3)CC(C1)C2C#N. The fraction of sp³-hybridized carbons (Fsp3) is 0.600. The number of ether oxygens (including phenoxy) is 1. The zero-order valence-corrected chi connectivity index (χ0v) is 15.3. The molecule has 2 bridgehead atoms. The van der Waals surface area contributed by atoms with Crippen molar-refractivity contribution in [3.05, 3.63) is 35.9 Å². The largest absolute Gasteiger partial charge is 0.444 e. The number of carbonyl (C=O) groups excluding carboxylic acids is 1. The van der Waals surface area contributed by atoms with E-state index in [0.29, 0.717) is 13.1 Å². The molecule has 1 aromatic carbocycles. The van der Waals surface area contributed by atoms with Crippen molar-refractivity contribution in [3.63, 3.8) is 0 Å². The highest BCUT2D eigenvalue weighted by Gasteiger charge is 2.44. The van der Waals surface area contributed by atoms with Gasteiger partial charge >= 0.3 is 6.09 Å². The maximum atomic E-state index is 12.4. The average molecular weight is 341 g/mol. The number of rotatable bonds is 2. The van der Waals surface area contributed by atoms with Crippen LogP contribution in [-0.4, -0.2) is 47.7 Å². The van der Waals surface area contributed by atoms with Gasteiger partial charge in [0, 0.05) is 44.6 Å². The zero-order valence-electron chi connectivity index (χ0n) is 15.3. The van der Waals surface area contributed by atoms with Crippen molar-refractivity contribution in [1.29, 1.82) is 5.26 Å². The lowest BCUT2D eigenvalue weighted by molar-refractivity contribution is -0.0257. The molecule has 2 aliphatic heterocycles. The molecule has 0 saturated carbocycles. The molecule has 2 aliphatic rings. The summed E-state index contributed by atoms with van der Waals surface area (Å²) in [6, 6.07) is 12.9. The molecule has 25 heavy (non-hydrogen) atoms. The van der Waals surface area contributed by atoms with E-state index in [4.69, 9.17) is 4.74 Å². The highest BCUT2D eigenvalue weighted by Crippen LogP contribution is 2.35. The van der Waals surface area contributed by atoms with Gasteiger partial charge in [0.05, 0.1) is 12.0 Å². The van der Waals surface area contributed by atoms with E-state index in [1.165, 1.54) is 5.56 Å². The monoisotopic (exact) mass is 341 g/mol. The molecule has 5 heteroatoms. The summed E-state index contributed by atoms with van der Waals surface area (Å²) in [5.41, 5.74) is 0.803. The molecule has 2 saturated heterocycles. The van der Waals surface area contributed by atoms with Crippen molar-refractivity contribution in [2.45, 2.75) is 32.9 Å². The van der Waals surface area contributed by atoms with E-state index in [0.717, 1.165) is 19.6 Å². The second-order valence-corrected chi connectivity index (χ2v) is 8.24. The molecule has 0 N–H and O–H groups in total. The van der Waals surface area contributed by atoms with Crippen molar-refractivity contribution >= 4 is 6.09 Å². The molecule has 2 fully saturated rings. The normalized spacial score (nSPS) is 26.8. The van der Waals surface area contributed by atoms with Gasteiger partial charge in [-0.25, -0.2) is 4.79 Å². The van der Waals surface area contributed by atoms with Crippen LogP contribution in [0.1, 0.15) is 26.3 Å². The van der Waals surface area contributed by atoms with Crippen molar-refractivity contribution < 1.29 is 9.53 Å². The van der Waals surface area contributed by atoms with Crippen LogP contribution >= 0.6 is 0 Å². The number of likely N-dealkylation sites (tertiary alicyclic amines) is 2. The second kappa shape index (κ2) is 7.05. The molecule has 0 spiro atoms. The van der Waals surface area contributed by atoms with Crippen LogP contribution in [0.2, 0.25) is 0 Å². The van der Waals surface area contributed by atoms with Crippen LogP contribution in [0.4, 0.5) is 4.79 Å². The summed E-state index contributed by atoms with van der Waals surface area (Å²) in [7, 11) is 0. The third-order valence-electron chi connectivity index (χ3n) is 4.96. The first-order chi connectivity index (χ1) is 11.9. The number of nitrogens with zero attached hydrogens (tertiary/aromatic N) is 3. The predicted molar refractivity (Wildman–Crippen MR) is 95.6 cm³/mol. The second-order valence-electron chi connectivity index (χ2n) is 8.24. The van der Waals surface area contributed by atoms with Gasteiger partial charge in [-0.3, -0.25) is 4.90 Å². The quantitative estimate of drug-likeness (QED) is 0.829. The lowest BCUT2D eigenvalue weighted by atomic mass is 9.75. The Balaban J connectivity index is 1.67. The lowest BCUT2D eigenvalue weighted by Gasteiger charge is -2.48. The van der Waals surface area contributed by atoms with Gasteiger partial charge in [0.2, 0.25) is 0 Å². The molecular weight excluding hydrogens is 314 g/mol. The fourth-order valence-corrected chi connectivity index (χ4v) is 3.99. The highest BCUT2D eigenvalue weighted by atomic mass is 16.6. The number of benzene rings is 1. The molecule has 1 aromatic rings. The van der Waals surface area contributed by atoms with E-state index < -0.39 is 5.60 Å². The minimum absolute atomic E-state index is 0.0331. The number of piperidine rings is 2. The van der Waals surface area contributed by atoms with Crippen LogP contribution in [0.3, 0.4) is 0 Å². The smallest absolute Gasteiger partial charge is 0.410 e. The number of fused-ring (bicyclic) bond motifs is 2. The fourth-order valence-electron chi connectivity index (χ4n) is 3.99. The van der Waals surface area contributed by atoms with Crippen molar-refractivity contribution in [3.8, 4) is 6.07 Å². The summed E-state index contributed by atoms with van der Waals surface area (Å²) >= 11 is 0. The average Bonchev–Trinajstić information content (AvgIpc) is 2.52. The summed E-state index contributed by atoms with van der Waals surface area (Å²) < 4.78 is 5.52. The van der Waals surface area contributed by atoms with Crippen LogP contribution in [0.15, 0.2) is 30.3 Å². The first kappa shape index (κ1) is 17.8. The van der Waals surface area contributed by atoms with Crippen LogP contribution in [-0.2, 0) is 11.3 Å². The Labute approximate surface area is 150 Å². The Morgan fingerprint density at radius 2 is 1.76 bits per heavy atom. The van der Waals surface area contributed by atoms with Gasteiger partial charge in [-0.15, -0.1) is 0 Å². The van der Waals surface area contributed by atoms with E-state index in [9.17, 15) is 10.1 Å². The minimum Gasteiger partial charge on any atom is -0.444 e. The van der Waals surface area contributed by atoms with Gasteiger partial charge in [0.15, 0.2) is 0 Å². The van der Waals surface area contributed by atoms with Gasteiger partial charge in [0.25, 0.3) is 0 Å².